The van der Waals surface area contributed by atoms with Crippen LogP contribution in [0, 0.1) is 0 Å². The Morgan fingerprint density at radius 3 is 1.31 bits per heavy atom. The minimum Gasteiger partial charge on any atom is -0.379 e. The number of carbonyl (C=O) groups is 5. The molecule has 1 unspecified atom stereocenters. The van der Waals surface area contributed by atoms with E-state index < -0.39 is 29.7 Å². The van der Waals surface area contributed by atoms with E-state index >= 15 is 0 Å². The summed E-state index contributed by atoms with van der Waals surface area (Å²) in [5.74, 6) is -2.71. The monoisotopic (exact) mass is 968 g/mol. The van der Waals surface area contributed by atoms with Crippen molar-refractivity contribution in [2.45, 2.75) is 103 Å². The highest BCUT2D eigenvalue weighted by molar-refractivity contribution is 6.26. The maximum Gasteiger partial charge on any atom is 0.264 e. The number of ether oxygens (including phenoxy) is 11. The molecule has 2 aliphatic heterocycles. The molecular formula is C49H81N3O16. The van der Waals surface area contributed by atoms with Crippen LogP contribution in [-0.4, -0.2) is 186 Å². The van der Waals surface area contributed by atoms with Gasteiger partial charge in [0.05, 0.1) is 149 Å². The Kier molecular flexibility index (Phi) is 34.9. The van der Waals surface area contributed by atoms with Crippen LogP contribution in [0.4, 0.5) is 5.69 Å². The highest BCUT2D eigenvalue weighted by Crippen LogP contribution is 2.32. The van der Waals surface area contributed by atoms with E-state index in [0.29, 0.717) is 145 Å². The lowest BCUT2D eigenvalue weighted by Crippen LogP contribution is -2.54. The molecule has 1 atom stereocenters. The molecule has 0 radical (unpaired) electrons. The van der Waals surface area contributed by atoms with Gasteiger partial charge in [0.1, 0.15) is 6.04 Å². The normalized spacial score (nSPS) is 14.8. The third-order valence-electron chi connectivity index (χ3n) is 10.8. The van der Waals surface area contributed by atoms with Gasteiger partial charge in [-0.15, -0.1) is 0 Å². The molecule has 388 valence electrons. The highest BCUT2D eigenvalue weighted by atomic mass is 16.6. The van der Waals surface area contributed by atoms with E-state index in [4.69, 9.17) is 52.1 Å². The van der Waals surface area contributed by atoms with E-state index in [2.05, 4.69) is 17.6 Å². The average molecular weight is 968 g/mol. The van der Waals surface area contributed by atoms with Gasteiger partial charge >= 0.3 is 0 Å². The predicted octanol–water partition coefficient (Wildman–Crippen LogP) is 4.91. The van der Waals surface area contributed by atoms with Crippen molar-refractivity contribution in [1.82, 2.24) is 10.2 Å². The molecule has 1 aromatic rings. The van der Waals surface area contributed by atoms with Crippen molar-refractivity contribution in [2.24, 2.45) is 0 Å². The smallest absolute Gasteiger partial charge is 0.264 e. The Balaban J connectivity index is 0.955. The molecule has 2 heterocycles. The molecule has 68 heavy (non-hydrogen) atoms. The Labute approximate surface area is 403 Å². The van der Waals surface area contributed by atoms with E-state index in [9.17, 15) is 24.0 Å². The molecule has 0 spiro atoms. The molecule has 0 aliphatic carbocycles. The molecule has 3 rings (SSSR count). The maximum atomic E-state index is 13.2. The predicted molar refractivity (Wildman–Crippen MR) is 252 cm³/mol. The summed E-state index contributed by atoms with van der Waals surface area (Å²) in [4.78, 5) is 63.7. The standard InChI is InChI=1S/C49H81N3O16/c1-2-3-4-5-6-7-8-11-19-58-21-23-60-25-27-62-29-31-64-33-35-66-37-39-68-40-38-67-36-34-65-32-30-63-28-26-61-24-22-59-20-12-9-10-16-44(53)50-42-15-13-14-41-46(42)49(57)52(48(41)56)43-17-18-45(54)51-47(43)55/h13-15,43H,2-12,16-40H2,1H3,(H,50,53)(H,51,54,55). The van der Waals surface area contributed by atoms with Crippen LogP contribution in [0.5, 0.6) is 0 Å². The van der Waals surface area contributed by atoms with Gasteiger partial charge in [-0.2, -0.15) is 0 Å². The fourth-order valence-electron chi connectivity index (χ4n) is 7.14. The van der Waals surface area contributed by atoms with E-state index in [1.165, 1.54) is 51.0 Å². The summed E-state index contributed by atoms with van der Waals surface area (Å²) in [7, 11) is 0. The summed E-state index contributed by atoms with van der Waals surface area (Å²) in [5.41, 5.74) is 0.383. The zero-order chi connectivity index (χ0) is 48.5. The van der Waals surface area contributed by atoms with Crippen LogP contribution in [0.1, 0.15) is 118 Å². The second kappa shape index (κ2) is 40.3. The molecule has 19 heteroatoms. The van der Waals surface area contributed by atoms with Crippen LogP contribution in [0.2, 0.25) is 0 Å². The van der Waals surface area contributed by atoms with Crippen LogP contribution in [0.3, 0.4) is 0 Å². The van der Waals surface area contributed by atoms with Gasteiger partial charge in [0, 0.05) is 26.1 Å². The minimum atomic E-state index is -1.07. The summed E-state index contributed by atoms with van der Waals surface area (Å²) < 4.78 is 61.0. The zero-order valence-electron chi connectivity index (χ0n) is 40.7. The van der Waals surface area contributed by atoms with Crippen molar-refractivity contribution in [1.29, 1.82) is 0 Å². The van der Waals surface area contributed by atoms with E-state index in [-0.39, 0.29) is 42.0 Å². The molecule has 1 aromatic carbocycles. The van der Waals surface area contributed by atoms with Gasteiger partial charge in [-0.25, -0.2) is 0 Å². The largest absolute Gasteiger partial charge is 0.379 e. The topological polar surface area (TPSA) is 214 Å². The molecule has 2 N–H and O–H groups in total. The first-order valence-corrected chi connectivity index (χ1v) is 24.9. The molecule has 2 aliphatic rings. The van der Waals surface area contributed by atoms with Gasteiger partial charge in [0.15, 0.2) is 0 Å². The molecule has 5 amide bonds. The number of hydrogen-bond donors (Lipinski definition) is 2. The number of nitrogens with one attached hydrogen (secondary N) is 2. The van der Waals surface area contributed by atoms with Crippen molar-refractivity contribution < 1.29 is 76.1 Å². The van der Waals surface area contributed by atoms with Crippen molar-refractivity contribution in [3.05, 3.63) is 29.3 Å². The quantitative estimate of drug-likeness (QED) is 0.0656. The van der Waals surface area contributed by atoms with Crippen molar-refractivity contribution in [3.63, 3.8) is 0 Å². The van der Waals surface area contributed by atoms with Crippen LogP contribution in [0.25, 0.3) is 0 Å². The van der Waals surface area contributed by atoms with Crippen molar-refractivity contribution >= 4 is 35.2 Å². The molecular weight excluding hydrogens is 887 g/mol. The lowest BCUT2D eigenvalue weighted by atomic mass is 10.0. The third kappa shape index (κ3) is 27.1. The van der Waals surface area contributed by atoms with Gasteiger partial charge in [0.25, 0.3) is 11.8 Å². The first-order valence-electron chi connectivity index (χ1n) is 24.9. The van der Waals surface area contributed by atoms with Crippen LogP contribution in [-0.2, 0) is 66.5 Å². The molecule has 1 saturated heterocycles. The van der Waals surface area contributed by atoms with E-state index in [0.717, 1.165) is 30.8 Å². The second-order valence-electron chi connectivity index (χ2n) is 16.2. The number of unbranched alkanes of at least 4 members (excludes halogenated alkanes) is 9. The Morgan fingerprint density at radius 2 is 0.897 bits per heavy atom. The number of amides is 5. The van der Waals surface area contributed by atoms with Gasteiger partial charge in [-0.05, 0) is 37.8 Å². The van der Waals surface area contributed by atoms with Crippen molar-refractivity contribution in [2.75, 3.05) is 151 Å². The van der Waals surface area contributed by atoms with Gasteiger partial charge < -0.3 is 57.4 Å². The maximum absolute atomic E-state index is 13.2. The minimum absolute atomic E-state index is 0.0279. The number of fused-ring (bicyclic) bond motifs is 1. The van der Waals surface area contributed by atoms with E-state index in [1.54, 1.807) is 12.1 Å². The first-order chi connectivity index (χ1) is 33.4. The number of rotatable bonds is 47. The average Bonchev–Trinajstić information content (AvgIpc) is 3.59. The van der Waals surface area contributed by atoms with E-state index in [1.807, 2.05) is 0 Å². The number of carbonyl (C=O) groups excluding carboxylic acids is 5. The van der Waals surface area contributed by atoms with Crippen LogP contribution < -0.4 is 10.6 Å². The van der Waals surface area contributed by atoms with Crippen molar-refractivity contribution in [3.8, 4) is 0 Å². The van der Waals surface area contributed by atoms with Gasteiger partial charge in [0.2, 0.25) is 17.7 Å². The lowest BCUT2D eigenvalue weighted by Gasteiger charge is -2.27. The number of nitrogens with zero attached hydrogens (tertiary/aromatic N) is 1. The summed E-state index contributed by atoms with van der Waals surface area (Å²) in [6.07, 6.45) is 12.9. The number of imide groups is 2. The third-order valence-corrected chi connectivity index (χ3v) is 10.8. The van der Waals surface area contributed by atoms with Crippen LogP contribution in [0.15, 0.2) is 18.2 Å². The summed E-state index contributed by atoms with van der Waals surface area (Å²) in [6.45, 7) is 13.6. The molecule has 1 fully saturated rings. The Bertz CT molecular complexity index is 1520. The summed E-state index contributed by atoms with van der Waals surface area (Å²) in [5, 5.41) is 4.91. The molecule has 0 aromatic heterocycles. The number of piperidine rings is 1. The highest BCUT2D eigenvalue weighted by Gasteiger charge is 2.45. The first kappa shape index (κ1) is 58.8. The molecule has 19 nitrogen and oxygen atoms in total. The Hall–Kier alpha value is -3.47. The lowest BCUT2D eigenvalue weighted by molar-refractivity contribution is -0.136. The summed E-state index contributed by atoms with van der Waals surface area (Å²) >= 11 is 0. The van der Waals surface area contributed by atoms with Crippen LogP contribution >= 0.6 is 0 Å². The fraction of sp³-hybridized carbons (Fsp3) is 0.776. The summed E-state index contributed by atoms with van der Waals surface area (Å²) in [6, 6.07) is 3.53. The Morgan fingerprint density at radius 1 is 0.515 bits per heavy atom. The number of anilines is 1. The zero-order valence-corrected chi connectivity index (χ0v) is 40.7. The molecule has 0 saturated carbocycles. The number of hydrogen-bond acceptors (Lipinski definition) is 16. The van der Waals surface area contributed by atoms with Gasteiger partial charge in [-0.3, -0.25) is 34.2 Å². The fourth-order valence-corrected chi connectivity index (χ4v) is 7.14. The van der Waals surface area contributed by atoms with Gasteiger partial charge in [-0.1, -0.05) is 64.4 Å². The molecule has 0 bridgehead atoms. The second-order valence-corrected chi connectivity index (χ2v) is 16.2. The number of benzene rings is 1. The SMILES string of the molecule is CCCCCCCCCCOCCOCCOCCOCCOCCOCCOCCOCCOCCOCCOCCCCCC(=O)Nc1cccc2c1C(=O)N(C1CCC(=O)NC1=O)C2=O.